The molecule has 0 aromatic heterocycles. The second kappa shape index (κ2) is 6.06. The van der Waals surface area contributed by atoms with Crippen molar-refractivity contribution in [2.45, 2.75) is 46.8 Å². The molecule has 0 bridgehead atoms. The van der Waals surface area contributed by atoms with Gasteiger partial charge in [0.25, 0.3) is 0 Å². The molecule has 0 fully saturated rings. The lowest BCUT2D eigenvalue weighted by molar-refractivity contribution is -0.158. The van der Waals surface area contributed by atoms with E-state index in [9.17, 15) is 4.79 Å². The van der Waals surface area contributed by atoms with E-state index in [1.54, 1.807) is 20.8 Å². The summed E-state index contributed by atoms with van der Waals surface area (Å²) in [6, 6.07) is 3.95. The van der Waals surface area contributed by atoms with Crippen LogP contribution < -0.4 is 10.5 Å². The number of hydrogen-bond donors (Lipinski definition) is 1. The number of rotatable bonds is 5. The summed E-state index contributed by atoms with van der Waals surface area (Å²) in [4.78, 5) is 11.8. The highest BCUT2D eigenvalue weighted by molar-refractivity contribution is 5.79. The van der Waals surface area contributed by atoms with Crippen LogP contribution in [-0.4, -0.2) is 18.2 Å². The van der Waals surface area contributed by atoms with Crippen LogP contribution in [0.25, 0.3) is 0 Å². The van der Waals surface area contributed by atoms with Crippen molar-refractivity contribution in [1.29, 1.82) is 0 Å². The van der Waals surface area contributed by atoms with Crippen molar-refractivity contribution in [2.75, 3.05) is 6.61 Å². The normalized spacial score (nSPS) is 11.3. The zero-order valence-electron chi connectivity index (χ0n) is 12.4. The first-order chi connectivity index (χ1) is 8.81. The fraction of sp³-hybridized carbons (Fsp3) is 0.533. The van der Waals surface area contributed by atoms with E-state index in [2.05, 4.69) is 0 Å². The lowest BCUT2D eigenvalue weighted by Gasteiger charge is -2.26. The van der Waals surface area contributed by atoms with E-state index in [-0.39, 0.29) is 5.97 Å². The van der Waals surface area contributed by atoms with Crippen LogP contribution in [0.4, 0.5) is 0 Å². The van der Waals surface area contributed by atoms with Crippen LogP contribution in [0.5, 0.6) is 5.75 Å². The highest BCUT2D eigenvalue weighted by atomic mass is 16.6. The molecule has 4 heteroatoms. The quantitative estimate of drug-likeness (QED) is 0.831. The first-order valence-electron chi connectivity index (χ1n) is 6.48. The largest absolute Gasteiger partial charge is 0.476 e. The van der Waals surface area contributed by atoms with Gasteiger partial charge in [-0.3, -0.25) is 0 Å². The number of nitrogens with two attached hydrogens (primary N) is 1. The minimum Gasteiger partial charge on any atom is -0.476 e. The monoisotopic (exact) mass is 265 g/mol. The van der Waals surface area contributed by atoms with Gasteiger partial charge in [0.15, 0.2) is 5.60 Å². The fourth-order valence-corrected chi connectivity index (χ4v) is 1.92. The molecule has 0 spiro atoms. The van der Waals surface area contributed by atoms with Crippen molar-refractivity contribution >= 4 is 5.97 Å². The zero-order valence-corrected chi connectivity index (χ0v) is 12.4. The van der Waals surface area contributed by atoms with Gasteiger partial charge in [-0.05, 0) is 51.3 Å². The summed E-state index contributed by atoms with van der Waals surface area (Å²) in [6.45, 7) is 9.92. The molecule has 0 aliphatic carbocycles. The van der Waals surface area contributed by atoms with E-state index in [1.165, 1.54) is 0 Å². The molecule has 0 saturated carbocycles. The standard InChI is InChI=1S/C15H23NO3/c1-6-18-14(17)15(4,5)19-13-10(2)7-12(9-16)8-11(13)3/h7-8H,6,9,16H2,1-5H3. The fourth-order valence-electron chi connectivity index (χ4n) is 1.92. The number of esters is 1. The Hall–Kier alpha value is -1.55. The third kappa shape index (κ3) is 3.70. The molecule has 0 unspecified atom stereocenters. The summed E-state index contributed by atoms with van der Waals surface area (Å²) in [5.41, 5.74) is 7.63. The molecule has 0 aliphatic heterocycles. The van der Waals surface area contributed by atoms with Crippen molar-refractivity contribution in [1.82, 2.24) is 0 Å². The number of carbonyl (C=O) groups excluding carboxylic acids is 1. The minimum atomic E-state index is -1.00. The molecular formula is C15H23NO3. The second-order valence-electron chi connectivity index (χ2n) is 5.10. The van der Waals surface area contributed by atoms with E-state index in [0.717, 1.165) is 22.4 Å². The smallest absolute Gasteiger partial charge is 0.349 e. The molecule has 0 saturated heterocycles. The molecule has 1 rings (SSSR count). The maximum absolute atomic E-state index is 11.8. The Bertz CT molecular complexity index is 443. The molecule has 2 N–H and O–H groups in total. The number of aryl methyl sites for hydroxylation is 2. The summed E-state index contributed by atoms with van der Waals surface area (Å²) in [6.07, 6.45) is 0. The molecule has 19 heavy (non-hydrogen) atoms. The van der Waals surface area contributed by atoms with Crippen LogP contribution in [0, 0.1) is 13.8 Å². The average molecular weight is 265 g/mol. The van der Waals surface area contributed by atoms with Gasteiger partial charge in [-0.1, -0.05) is 12.1 Å². The third-order valence-corrected chi connectivity index (χ3v) is 2.88. The summed E-state index contributed by atoms with van der Waals surface area (Å²) in [7, 11) is 0. The first kappa shape index (κ1) is 15.5. The van der Waals surface area contributed by atoms with Gasteiger partial charge in [0.1, 0.15) is 5.75 Å². The SMILES string of the molecule is CCOC(=O)C(C)(C)Oc1c(C)cc(CN)cc1C. The van der Waals surface area contributed by atoms with Gasteiger partial charge >= 0.3 is 5.97 Å². The highest BCUT2D eigenvalue weighted by Gasteiger charge is 2.32. The van der Waals surface area contributed by atoms with Gasteiger partial charge in [0, 0.05) is 6.54 Å². The summed E-state index contributed by atoms with van der Waals surface area (Å²) < 4.78 is 10.9. The predicted molar refractivity (Wildman–Crippen MR) is 75.1 cm³/mol. The molecular weight excluding hydrogens is 242 g/mol. The van der Waals surface area contributed by atoms with Crippen molar-refractivity contribution in [3.05, 3.63) is 28.8 Å². The molecule has 0 atom stereocenters. The van der Waals surface area contributed by atoms with Crippen LogP contribution in [0.3, 0.4) is 0 Å². The Kier molecular flexibility index (Phi) is 4.95. The molecule has 4 nitrogen and oxygen atoms in total. The van der Waals surface area contributed by atoms with Gasteiger partial charge in [0.2, 0.25) is 0 Å². The molecule has 106 valence electrons. The summed E-state index contributed by atoms with van der Waals surface area (Å²) in [5, 5.41) is 0. The Balaban J connectivity index is 3.02. The van der Waals surface area contributed by atoms with Crippen LogP contribution in [0.15, 0.2) is 12.1 Å². The van der Waals surface area contributed by atoms with Crippen molar-refractivity contribution in [2.24, 2.45) is 5.73 Å². The predicted octanol–water partition coefficient (Wildman–Crippen LogP) is 2.48. The van der Waals surface area contributed by atoms with E-state index in [0.29, 0.717) is 13.2 Å². The van der Waals surface area contributed by atoms with Crippen molar-refractivity contribution in [3.8, 4) is 5.75 Å². The molecule has 0 heterocycles. The van der Waals surface area contributed by atoms with Crippen LogP contribution in [-0.2, 0) is 16.1 Å². The van der Waals surface area contributed by atoms with Crippen LogP contribution in [0.1, 0.15) is 37.5 Å². The Morgan fingerprint density at radius 2 is 1.79 bits per heavy atom. The molecule has 0 radical (unpaired) electrons. The third-order valence-electron chi connectivity index (χ3n) is 2.88. The second-order valence-corrected chi connectivity index (χ2v) is 5.10. The zero-order chi connectivity index (χ0) is 14.6. The summed E-state index contributed by atoms with van der Waals surface area (Å²) >= 11 is 0. The van der Waals surface area contributed by atoms with Crippen LogP contribution in [0.2, 0.25) is 0 Å². The lowest BCUT2D eigenvalue weighted by atomic mass is 10.0. The minimum absolute atomic E-state index is 0.343. The van der Waals surface area contributed by atoms with E-state index >= 15 is 0 Å². The Labute approximate surface area is 114 Å². The molecule has 0 aliphatic rings. The van der Waals surface area contributed by atoms with Crippen molar-refractivity contribution < 1.29 is 14.3 Å². The number of benzene rings is 1. The first-order valence-corrected chi connectivity index (χ1v) is 6.48. The highest BCUT2D eigenvalue weighted by Crippen LogP contribution is 2.29. The van der Waals surface area contributed by atoms with Gasteiger partial charge in [-0.25, -0.2) is 4.79 Å². The maximum Gasteiger partial charge on any atom is 0.349 e. The Morgan fingerprint density at radius 3 is 2.21 bits per heavy atom. The van der Waals surface area contributed by atoms with Crippen molar-refractivity contribution in [3.63, 3.8) is 0 Å². The lowest BCUT2D eigenvalue weighted by Crippen LogP contribution is -2.40. The molecule has 1 aromatic carbocycles. The average Bonchev–Trinajstić information content (AvgIpc) is 2.33. The van der Waals surface area contributed by atoms with Crippen LogP contribution >= 0.6 is 0 Å². The number of ether oxygens (including phenoxy) is 2. The number of carbonyl (C=O) groups is 1. The topological polar surface area (TPSA) is 61.5 Å². The van der Waals surface area contributed by atoms with Gasteiger partial charge in [0.05, 0.1) is 6.61 Å². The summed E-state index contributed by atoms with van der Waals surface area (Å²) in [5.74, 6) is 0.354. The van der Waals surface area contributed by atoms with E-state index in [1.807, 2.05) is 26.0 Å². The van der Waals surface area contributed by atoms with E-state index < -0.39 is 5.60 Å². The number of hydrogen-bond acceptors (Lipinski definition) is 4. The Morgan fingerprint density at radius 1 is 1.26 bits per heavy atom. The van der Waals surface area contributed by atoms with Gasteiger partial charge in [-0.2, -0.15) is 0 Å². The van der Waals surface area contributed by atoms with Gasteiger partial charge < -0.3 is 15.2 Å². The molecule has 0 amide bonds. The molecule has 1 aromatic rings. The maximum atomic E-state index is 11.8. The van der Waals surface area contributed by atoms with E-state index in [4.69, 9.17) is 15.2 Å². The van der Waals surface area contributed by atoms with Gasteiger partial charge in [-0.15, -0.1) is 0 Å².